The van der Waals surface area contributed by atoms with Gasteiger partial charge in [-0.1, -0.05) is 36.1 Å². The van der Waals surface area contributed by atoms with Crippen molar-refractivity contribution in [3.05, 3.63) is 40.3 Å². The third-order valence-corrected chi connectivity index (χ3v) is 8.09. The molecule has 0 saturated carbocycles. The van der Waals surface area contributed by atoms with Crippen molar-refractivity contribution in [1.29, 1.82) is 0 Å². The monoisotopic (exact) mass is 437 g/mol. The molecule has 6 nitrogen and oxygen atoms in total. The Hall–Kier alpha value is -1.84. The number of methoxy groups -OCH3 is 1. The highest BCUT2D eigenvalue weighted by Gasteiger charge is 2.42. The van der Waals surface area contributed by atoms with Gasteiger partial charge in [0.05, 0.1) is 29.6 Å². The molecule has 0 aliphatic carbocycles. The van der Waals surface area contributed by atoms with Gasteiger partial charge in [0.25, 0.3) is 5.91 Å². The van der Waals surface area contributed by atoms with Crippen LogP contribution in [0.3, 0.4) is 0 Å². The van der Waals surface area contributed by atoms with Crippen LogP contribution >= 0.6 is 24.0 Å². The van der Waals surface area contributed by atoms with Crippen LogP contribution in [0.15, 0.2) is 34.8 Å². The number of carbonyl (C=O) groups excluding carboxylic acids is 1. The fourth-order valence-electron chi connectivity index (χ4n) is 3.56. The zero-order chi connectivity index (χ0) is 20.1. The number of hydrogen-bond donors (Lipinski definition) is 0. The molecule has 1 aromatic carbocycles. The van der Waals surface area contributed by atoms with Crippen molar-refractivity contribution < 1.29 is 22.7 Å². The summed E-state index contributed by atoms with van der Waals surface area (Å²) < 4.78 is 35.3. The molecule has 0 bridgehead atoms. The number of benzene rings is 1. The summed E-state index contributed by atoms with van der Waals surface area (Å²) in [6, 6.07) is 5.27. The Bertz CT molecular complexity index is 1030. The van der Waals surface area contributed by atoms with Crippen LogP contribution in [0.5, 0.6) is 11.5 Å². The third kappa shape index (κ3) is 3.46. The lowest BCUT2D eigenvalue weighted by molar-refractivity contribution is -0.123. The van der Waals surface area contributed by atoms with Gasteiger partial charge in [-0.3, -0.25) is 9.69 Å². The summed E-state index contributed by atoms with van der Waals surface area (Å²) in [5.41, 5.74) is 1.72. The summed E-state index contributed by atoms with van der Waals surface area (Å²) in [7, 11) is -1.50. The molecule has 2 atom stereocenters. The molecule has 2 saturated heterocycles. The molecule has 0 aromatic heterocycles. The average Bonchev–Trinajstić information content (AvgIpc) is 3.13. The number of ether oxygens (including phenoxy) is 2. The van der Waals surface area contributed by atoms with Gasteiger partial charge in [0, 0.05) is 5.56 Å². The Balaban J connectivity index is 1.63. The predicted molar refractivity (Wildman–Crippen MR) is 113 cm³/mol. The number of para-hydroxylation sites is 1. The molecule has 28 heavy (non-hydrogen) atoms. The highest BCUT2D eigenvalue weighted by molar-refractivity contribution is 8.26. The van der Waals surface area contributed by atoms with E-state index >= 15 is 0 Å². The van der Waals surface area contributed by atoms with Crippen molar-refractivity contribution in [2.75, 3.05) is 18.6 Å². The highest BCUT2D eigenvalue weighted by atomic mass is 32.2. The van der Waals surface area contributed by atoms with Gasteiger partial charge in [0.2, 0.25) is 0 Å². The topological polar surface area (TPSA) is 72.9 Å². The molecule has 1 amide bonds. The van der Waals surface area contributed by atoms with Crippen LogP contribution < -0.4 is 9.47 Å². The Morgan fingerprint density at radius 2 is 2.18 bits per heavy atom. The summed E-state index contributed by atoms with van der Waals surface area (Å²) in [4.78, 5) is 14.9. The van der Waals surface area contributed by atoms with E-state index in [2.05, 4.69) is 0 Å². The maximum atomic E-state index is 12.9. The Labute approximate surface area is 173 Å². The zero-order valence-electron chi connectivity index (χ0n) is 15.4. The molecule has 2 unspecified atom stereocenters. The maximum Gasteiger partial charge on any atom is 0.266 e. The lowest BCUT2D eigenvalue weighted by Gasteiger charge is -2.24. The highest BCUT2D eigenvalue weighted by Crippen LogP contribution is 2.40. The molecule has 0 radical (unpaired) electrons. The van der Waals surface area contributed by atoms with E-state index in [0.717, 1.165) is 11.1 Å². The van der Waals surface area contributed by atoms with Crippen LogP contribution in [-0.4, -0.2) is 54.3 Å². The van der Waals surface area contributed by atoms with E-state index in [9.17, 15) is 13.2 Å². The number of hydrogen-bond acceptors (Lipinski definition) is 7. The Morgan fingerprint density at radius 3 is 2.86 bits per heavy atom. The zero-order valence-corrected chi connectivity index (χ0v) is 17.8. The molecular formula is C19H19NO5S3. The van der Waals surface area contributed by atoms with Crippen molar-refractivity contribution in [1.82, 2.24) is 4.90 Å². The molecule has 0 N–H and O–H groups in total. The fraction of sp³-hybridized carbons (Fsp3) is 0.368. The Kier molecular flexibility index (Phi) is 5.01. The smallest absolute Gasteiger partial charge is 0.266 e. The second-order valence-electron chi connectivity index (χ2n) is 6.89. The van der Waals surface area contributed by atoms with Gasteiger partial charge in [-0.05, 0) is 37.1 Å². The molecule has 4 rings (SSSR count). The number of nitrogens with zero attached hydrogens (tertiary/aromatic N) is 1. The number of thioether (sulfide) groups is 1. The minimum absolute atomic E-state index is 0.0257. The molecule has 3 aliphatic rings. The number of thiocarbonyl (C=S) groups is 1. The first-order valence-electron chi connectivity index (χ1n) is 8.82. The fourth-order valence-corrected chi connectivity index (χ4v) is 6.66. The van der Waals surface area contributed by atoms with Gasteiger partial charge in [-0.25, -0.2) is 8.42 Å². The summed E-state index contributed by atoms with van der Waals surface area (Å²) in [5.74, 6) is 1.18. The molecular weight excluding hydrogens is 418 g/mol. The van der Waals surface area contributed by atoms with E-state index in [0.29, 0.717) is 27.1 Å². The van der Waals surface area contributed by atoms with E-state index in [1.807, 2.05) is 31.2 Å². The molecule has 148 valence electrons. The van der Waals surface area contributed by atoms with Crippen LogP contribution in [0.2, 0.25) is 0 Å². The van der Waals surface area contributed by atoms with Gasteiger partial charge in [0.15, 0.2) is 21.3 Å². The van der Waals surface area contributed by atoms with Gasteiger partial charge in [-0.2, -0.15) is 0 Å². The summed E-state index contributed by atoms with van der Waals surface area (Å²) in [6.45, 7) is 1.90. The van der Waals surface area contributed by atoms with E-state index < -0.39 is 9.84 Å². The second kappa shape index (κ2) is 7.20. The first kappa shape index (κ1) is 19.5. The van der Waals surface area contributed by atoms with Gasteiger partial charge in [-0.15, -0.1) is 0 Å². The van der Waals surface area contributed by atoms with Crippen LogP contribution in [-0.2, 0) is 14.6 Å². The van der Waals surface area contributed by atoms with Crippen molar-refractivity contribution in [3.63, 3.8) is 0 Å². The lowest BCUT2D eigenvalue weighted by Crippen LogP contribution is -2.39. The first-order valence-corrected chi connectivity index (χ1v) is 11.9. The van der Waals surface area contributed by atoms with Crippen LogP contribution in [0.25, 0.3) is 6.08 Å². The van der Waals surface area contributed by atoms with E-state index in [4.69, 9.17) is 21.7 Å². The Morgan fingerprint density at radius 1 is 1.39 bits per heavy atom. The molecule has 3 aliphatic heterocycles. The molecule has 1 aromatic rings. The lowest BCUT2D eigenvalue weighted by atomic mass is 10.0. The van der Waals surface area contributed by atoms with Gasteiger partial charge in [0.1, 0.15) is 10.4 Å². The predicted octanol–water partition coefficient (Wildman–Crippen LogP) is 2.79. The van der Waals surface area contributed by atoms with E-state index in [1.165, 1.54) is 16.7 Å². The third-order valence-electron chi connectivity index (χ3n) is 5.01. The minimum Gasteiger partial charge on any atom is -0.493 e. The second-order valence-corrected chi connectivity index (χ2v) is 10.8. The van der Waals surface area contributed by atoms with Crippen molar-refractivity contribution in [3.8, 4) is 11.5 Å². The number of sulfone groups is 1. The number of rotatable bonds is 3. The summed E-state index contributed by atoms with van der Waals surface area (Å²) in [6.07, 6.45) is 3.92. The SMILES string of the molecule is COc1cccc2c1OC(C)C(/C=C1\SC(=S)N(C3CCS(=O)(=O)C3)C1=O)=C2. The molecule has 0 spiro atoms. The van der Waals surface area contributed by atoms with Crippen molar-refractivity contribution >= 4 is 50.1 Å². The molecule has 9 heteroatoms. The van der Waals surface area contributed by atoms with Crippen molar-refractivity contribution in [2.45, 2.75) is 25.5 Å². The number of carbonyl (C=O) groups is 1. The quantitative estimate of drug-likeness (QED) is 0.532. The number of amides is 1. The standard InChI is InChI=1S/C19H19NO5S3/c1-11-13(8-12-4-3-5-15(24-2)17(12)25-11)9-16-18(21)20(19(26)27-16)14-6-7-28(22,23)10-14/h3-5,8-9,11,14H,6-7,10H2,1-2H3/b16-9-. The first-order chi connectivity index (χ1) is 13.3. The summed E-state index contributed by atoms with van der Waals surface area (Å²) in [5, 5.41) is 0. The maximum absolute atomic E-state index is 12.9. The van der Waals surface area contributed by atoms with E-state index in [1.54, 1.807) is 13.2 Å². The van der Waals surface area contributed by atoms with Gasteiger partial charge >= 0.3 is 0 Å². The van der Waals surface area contributed by atoms with Crippen LogP contribution in [0.4, 0.5) is 0 Å². The normalized spacial score (nSPS) is 27.6. The molecule has 2 fully saturated rings. The minimum atomic E-state index is -3.10. The summed E-state index contributed by atoms with van der Waals surface area (Å²) >= 11 is 6.57. The van der Waals surface area contributed by atoms with Gasteiger partial charge < -0.3 is 9.47 Å². The molecule has 3 heterocycles. The van der Waals surface area contributed by atoms with Crippen LogP contribution in [0, 0.1) is 0 Å². The van der Waals surface area contributed by atoms with E-state index in [-0.39, 0.29) is 29.6 Å². The average molecular weight is 438 g/mol. The van der Waals surface area contributed by atoms with Crippen LogP contribution in [0.1, 0.15) is 18.9 Å². The van der Waals surface area contributed by atoms with Crippen molar-refractivity contribution in [2.24, 2.45) is 0 Å². The number of fused-ring (bicyclic) bond motifs is 1. The largest absolute Gasteiger partial charge is 0.493 e.